The number of methoxy groups -OCH3 is 1. The highest BCUT2D eigenvalue weighted by atomic mass is 16.5. The topological polar surface area (TPSA) is 75.1 Å². The summed E-state index contributed by atoms with van der Waals surface area (Å²) >= 11 is 0. The zero-order chi connectivity index (χ0) is 17.4. The molecule has 1 aliphatic carbocycles. The summed E-state index contributed by atoms with van der Waals surface area (Å²) in [5, 5.41) is 15.9. The fourth-order valence-electron chi connectivity index (χ4n) is 2.32. The van der Waals surface area contributed by atoms with Gasteiger partial charge in [0.1, 0.15) is 17.6 Å². The molecule has 0 aliphatic heterocycles. The number of aliphatic hydroxyl groups is 1. The van der Waals surface area contributed by atoms with Crippen molar-refractivity contribution < 1.29 is 14.6 Å². The zero-order valence-corrected chi connectivity index (χ0v) is 14.8. The van der Waals surface area contributed by atoms with Crippen LogP contribution in [0.3, 0.4) is 0 Å². The van der Waals surface area contributed by atoms with Crippen LogP contribution in [0.5, 0.6) is 11.5 Å². The molecule has 6 heteroatoms. The number of ether oxygens (including phenoxy) is 2. The molecule has 1 unspecified atom stereocenters. The lowest BCUT2D eigenvalue weighted by molar-refractivity contribution is 0.216. The second kappa shape index (κ2) is 8.78. The summed E-state index contributed by atoms with van der Waals surface area (Å²) in [6.45, 7) is 6.34. The van der Waals surface area contributed by atoms with Crippen LogP contribution in [-0.2, 0) is 0 Å². The Kier molecular flexibility index (Phi) is 6.73. The Hall–Kier alpha value is -1.95. The van der Waals surface area contributed by atoms with Crippen LogP contribution in [-0.4, -0.2) is 50.5 Å². The van der Waals surface area contributed by atoms with Crippen molar-refractivity contribution in [3.63, 3.8) is 0 Å². The first-order valence-electron chi connectivity index (χ1n) is 8.54. The predicted octanol–water partition coefficient (Wildman–Crippen LogP) is 1.79. The Balaban J connectivity index is 1.82. The van der Waals surface area contributed by atoms with Crippen LogP contribution in [0.1, 0.15) is 26.7 Å². The Morgan fingerprint density at radius 3 is 2.71 bits per heavy atom. The minimum atomic E-state index is -0.0197. The largest absolute Gasteiger partial charge is 0.497 e. The Morgan fingerprint density at radius 2 is 2.08 bits per heavy atom. The molecular weight excluding hydrogens is 306 g/mol. The molecule has 0 heterocycles. The van der Waals surface area contributed by atoms with E-state index in [1.807, 2.05) is 38.1 Å². The molecule has 0 aromatic heterocycles. The summed E-state index contributed by atoms with van der Waals surface area (Å²) in [7, 11) is 1.64. The highest BCUT2D eigenvalue weighted by molar-refractivity contribution is 5.79. The summed E-state index contributed by atoms with van der Waals surface area (Å²) in [4.78, 5) is 4.58. The van der Waals surface area contributed by atoms with Crippen molar-refractivity contribution in [2.75, 3.05) is 33.4 Å². The van der Waals surface area contributed by atoms with Gasteiger partial charge in [0.15, 0.2) is 5.96 Å². The molecule has 1 aliphatic rings. The molecule has 1 aromatic rings. The number of benzene rings is 1. The van der Waals surface area contributed by atoms with Crippen molar-refractivity contribution in [3.05, 3.63) is 24.3 Å². The molecule has 3 N–H and O–H groups in total. The second-order valence-electron chi connectivity index (χ2n) is 6.34. The highest BCUT2D eigenvalue weighted by Gasteiger charge is 2.41. The van der Waals surface area contributed by atoms with E-state index in [-0.39, 0.29) is 18.1 Å². The van der Waals surface area contributed by atoms with Gasteiger partial charge >= 0.3 is 0 Å². The van der Waals surface area contributed by atoms with Gasteiger partial charge in [0.2, 0.25) is 0 Å². The van der Waals surface area contributed by atoms with Crippen molar-refractivity contribution in [2.24, 2.45) is 10.4 Å². The number of hydrogen-bond acceptors (Lipinski definition) is 4. The van der Waals surface area contributed by atoms with Crippen LogP contribution < -0.4 is 20.1 Å². The number of hydrogen-bond donors (Lipinski definition) is 3. The lowest BCUT2D eigenvalue weighted by atomic mass is 10.1. The molecule has 1 fully saturated rings. The first-order valence-corrected chi connectivity index (χ1v) is 8.54. The van der Waals surface area contributed by atoms with Crippen LogP contribution in [0.4, 0.5) is 0 Å². The van der Waals surface area contributed by atoms with Crippen LogP contribution in [0, 0.1) is 5.41 Å². The lowest BCUT2D eigenvalue weighted by Gasteiger charge is -2.18. The second-order valence-corrected chi connectivity index (χ2v) is 6.34. The summed E-state index contributed by atoms with van der Waals surface area (Å²) in [5.74, 6) is 2.32. The Morgan fingerprint density at radius 1 is 1.33 bits per heavy atom. The molecule has 1 atom stereocenters. The van der Waals surface area contributed by atoms with Crippen LogP contribution >= 0.6 is 0 Å². The number of rotatable bonds is 9. The van der Waals surface area contributed by atoms with Gasteiger partial charge < -0.3 is 25.2 Å². The molecule has 24 heavy (non-hydrogen) atoms. The van der Waals surface area contributed by atoms with Gasteiger partial charge in [-0.05, 0) is 38.8 Å². The Bertz CT molecular complexity index is 544. The number of nitrogens with zero attached hydrogens (tertiary/aromatic N) is 1. The van der Waals surface area contributed by atoms with E-state index in [1.54, 1.807) is 7.11 Å². The fourth-order valence-corrected chi connectivity index (χ4v) is 2.32. The summed E-state index contributed by atoms with van der Waals surface area (Å²) in [5.41, 5.74) is 0.0189. The van der Waals surface area contributed by atoms with Gasteiger partial charge in [-0.3, -0.25) is 4.99 Å². The number of aliphatic imine (C=N–C) groups is 1. The van der Waals surface area contributed by atoms with E-state index in [4.69, 9.17) is 9.47 Å². The van der Waals surface area contributed by atoms with E-state index in [2.05, 4.69) is 15.6 Å². The van der Waals surface area contributed by atoms with Gasteiger partial charge in [-0.15, -0.1) is 0 Å². The minimum Gasteiger partial charge on any atom is -0.497 e. The third-order valence-corrected chi connectivity index (χ3v) is 4.14. The summed E-state index contributed by atoms with van der Waals surface area (Å²) in [6, 6.07) is 7.58. The molecule has 0 radical (unpaired) electrons. The molecule has 1 aromatic carbocycles. The highest BCUT2D eigenvalue weighted by Crippen LogP contribution is 2.45. The van der Waals surface area contributed by atoms with Gasteiger partial charge in [0.05, 0.1) is 26.8 Å². The summed E-state index contributed by atoms with van der Waals surface area (Å²) in [6.07, 6.45) is 2.09. The maximum atomic E-state index is 9.38. The van der Waals surface area contributed by atoms with E-state index in [0.29, 0.717) is 13.1 Å². The average Bonchev–Trinajstić information content (AvgIpc) is 3.38. The summed E-state index contributed by atoms with van der Waals surface area (Å²) < 4.78 is 11.1. The molecule has 0 amide bonds. The minimum absolute atomic E-state index is 0.0189. The normalized spacial score (nSPS) is 17.1. The smallest absolute Gasteiger partial charge is 0.191 e. The standard InChI is InChI=1S/C18H29N3O3/c1-4-19-17(21-12-18(13-22)8-9-18)20-11-14(2)24-16-7-5-6-15(10-16)23-3/h5-7,10,14,22H,4,8-9,11-13H2,1-3H3,(H2,19,20,21). The first kappa shape index (κ1) is 18.4. The number of nitrogens with one attached hydrogen (secondary N) is 2. The van der Waals surface area contributed by atoms with E-state index in [9.17, 15) is 5.11 Å². The van der Waals surface area contributed by atoms with Gasteiger partial charge in [-0.1, -0.05) is 6.07 Å². The molecule has 0 spiro atoms. The molecular formula is C18H29N3O3. The molecule has 1 saturated carbocycles. The maximum absolute atomic E-state index is 9.38. The van der Waals surface area contributed by atoms with E-state index in [0.717, 1.165) is 36.8 Å². The molecule has 2 rings (SSSR count). The third kappa shape index (κ3) is 5.60. The monoisotopic (exact) mass is 335 g/mol. The molecule has 134 valence electrons. The van der Waals surface area contributed by atoms with Gasteiger partial charge in [0.25, 0.3) is 0 Å². The van der Waals surface area contributed by atoms with Crippen molar-refractivity contribution in [1.82, 2.24) is 10.6 Å². The van der Waals surface area contributed by atoms with E-state index in [1.165, 1.54) is 0 Å². The third-order valence-electron chi connectivity index (χ3n) is 4.14. The predicted molar refractivity (Wildman–Crippen MR) is 95.8 cm³/mol. The van der Waals surface area contributed by atoms with Crippen LogP contribution in [0.25, 0.3) is 0 Å². The average molecular weight is 335 g/mol. The van der Waals surface area contributed by atoms with Gasteiger partial charge in [-0.25, -0.2) is 0 Å². The van der Waals surface area contributed by atoms with Gasteiger partial charge in [0, 0.05) is 18.0 Å². The fraction of sp³-hybridized carbons (Fsp3) is 0.611. The number of guanidine groups is 1. The van der Waals surface area contributed by atoms with Crippen LogP contribution in [0.2, 0.25) is 0 Å². The van der Waals surface area contributed by atoms with Crippen molar-refractivity contribution >= 4 is 5.96 Å². The van der Waals surface area contributed by atoms with Crippen LogP contribution in [0.15, 0.2) is 29.3 Å². The quantitative estimate of drug-likeness (QED) is 0.474. The maximum Gasteiger partial charge on any atom is 0.191 e. The van der Waals surface area contributed by atoms with Gasteiger partial charge in [-0.2, -0.15) is 0 Å². The Labute approximate surface area is 144 Å². The first-order chi connectivity index (χ1) is 11.6. The molecule has 0 bridgehead atoms. The zero-order valence-electron chi connectivity index (χ0n) is 14.8. The number of aliphatic hydroxyl groups excluding tert-OH is 1. The van der Waals surface area contributed by atoms with Crippen molar-refractivity contribution in [3.8, 4) is 11.5 Å². The molecule has 0 saturated heterocycles. The SMILES string of the molecule is CCNC(=NCC1(CO)CC1)NCC(C)Oc1cccc(OC)c1. The lowest BCUT2D eigenvalue weighted by Crippen LogP contribution is -2.42. The van der Waals surface area contributed by atoms with E-state index >= 15 is 0 Å². The molecule has 6 nitrogen and oxygen atoms in total. The van der Waals surface area contributed by atoms with Crippen molar-refractivity contribution in [2.45, 2.75) is 32.8 Å². The van der Waals surface area contributed by atoms with E-state index < -0.39 is 0 Å². The van der Waals surface area contributed by atoms with Crippen molar-refractivity contribution in [1.29, 1.82) is 0 Å².